The van der Waals surface area contributed by atoms with Gasteiger partial charge in [0.15, 0.2) is 5.78 Å². The summed E-state index contributed by atoms with van der Waals surface area (Å²) in [5, 5.41) is 0. The zero-order valence-corrected chi connectivity index (χ0v) is 10.4. The number of rotatable bonds is 3. The van der Waals surface area contributed by atoms with Crippen LogP contribution in [-0.4, -0.2) is 17.3 Å². The first-order valence-corrected chi connectivity index (χ1v) is 7.06. The van der Waals surface area contributed by atoms with Crippen molar-refractivity contribution in [2.24, 2.45) is 0 Å². The van der Waals surface area contributed by atoms with Gasteiger partial charge in [-0.05, 0) is 11.6 Å². The van der Waals surface area contributed by atoms with Crippen molar-refractivity contribution in [1.29, 1.82) is 0 Å². The van der Waals surface area contributed by atoms with Gasteiger partial charge in [-0.15, -0.1) is 23.5 Å². The fourth-order valence-electron chi connectivity index (χ4n) is 1.32. The maximum absolute atomic E-state index is 11.6. The Morgan fingerprint density at radius 2 is 1.81 bits per heavy atom. The monoisotopic (exact) mass is 248 g/mol. The van der Waals surface area contributed by atoms with Crippen LogP contribution in [0.4, 0.5) is 0 Å². The van der Waals surface area contributed by atoms with Crippen LogP contribution in [0, 0.1) is 0 Å². The Hall–Kier alpha value is -0.930. The predicted octanol–water partition coefficient (Wildman–Crippen LogP) is 3.59. The van der Waals surface area contributed by atoms with Gasteiger partial charge in [0.2, 0.25) is 0 Å². The minimum absolute atomic E-state index is 0.0701. The summed E-state index contributed by atoms with van der Waals surface area (Å²) in [7, 11) is 0. The number of hydrogen-bond acceptors (Lipinski definition) is 3. The Morgan fingerprint density at radius 1 is 1.12 bits per heavy atom. The van der Waals surface area contributed by atoms with Crippen molar-refractivity contribution in [3.8, 4) is 0 Å². The summed E-state index contributed by atoms with van der Waals surface area (Å²) in [6.07, 6.45) is 5.20. The van der Waals surface area contributed by atoms with Gasteiger partial charge in [0.1, 0.15) is 0 Å². The summed E-state index contributed by atoms with van der Waals surface area (Å²) in [5.74, 6) is 2.30. The minimum Gasteiger partial charge on any atom is -0.290 e. The second-order valence-electron chi connectivity index (χ2n) is 3.31. The fourth-order valence-corrected chi connectivity index (χ4v) is 3.62. The molecule has 16 heavy (non-hydrogen) atoms. The van der Waals surface area contributed by atoms with Gasteiger partial charge in [-0.1, -0.05) is 36.4 Å². The van der Waals surface area contributed by atoms with E-state index in [4.69, 9.17) is 0 Å². The quantitative estimate of drug-likeness (QED) is 0.761. The summed E-state index contributed by atoms with van der Waals surface area (Å²) in [6.45, 7) is 0. The number of carbonyl (C=O) groups excluding carboxylic acids is 1. The van der Waals surface area contributed by atoms with Crippen LogP contribution in [0.2, 0.25) is 0 Å². The Morgan fingerprint density at radius 3 is 2.50 bits per heavy atom. The minimum atomic E-state index is 0.0701. The normalized spacial score (nSPS) is 15.6. The number of carbonyl (C=O) groups is 1. The molecule has 1 aromatic carbocycles. The van der Waals surface area contributed by atoms with Crippen LogP contribution in [0.1, 0.15) is 5.56 Å². The van der Waals surface area contributed by atoms with Crippen molar-refractivity contribution in [1.82, 2.24) is 0 Å². The zero-order chi connectivity index (χ0) is 11.2. The lowest BCUT2D eigenvalue weighted by atomic mass is 10.2. The lowest BCUT2D eigenvalue weighted by Crippen LogP contribution is -1.85. The average Bonchev–Trinajstić information content (AvgIpc) is 2.81. The third-order valence-electron chi connectivity index (χ3n) is 2.07. The molecular formula is C13H12OS2. The molecule has 1 saturated heterocycles. The molecule has 1 nitrogen and oxygen atoms in total. The second kappa shape index (κ2) is 5.97. The highest BCUT2D eigenvalue weighted by atomic mass is 32.2. The maximum atomic E-state index is 11.6. The molecule has 0 N–H and O–H groups in total. The van der Waals surface area contributed by atoms with E-state index >= 15 is 0 Å². The van der Waals surface area contributed by atoms with Crippen molar-refractivity contribution in [2.75, 3.05) is 11.5 Å². The lowest BCUT2D eigenvalue weighted by molar-refractivity contribution is -0.110. The summed E-state index contributed by atoms with van der Waals surface area (Å²) >= 11 is 3.52. The first-order valence-electron chi connectivity index (χ1n) is 5.09. The van der Waals surface area contributed by atoms with Crippen LogP contribution in [0.15, 0.2) is 46.7 Å². The molecule has 0 saturated carbocycles. The Balaban J connectivity index is 1.97. The average molecular weight is 248 g/mol. The second-order valence-corrected chi connectivity index (χ2v) is 5.84. The molecule has 1 aromatic rings. The smallest absolute Gasteiger partial charge is 0.180 e. The highest BCUT2D eigenvalue weighted by Crippen LogP contribution is 2.35. The fraction of sp³-hybridized carbons (Fsp3) is 0.154. The Kier molecular flexibility index (Phi) is 4.31. The SMILES string of the molecule is O=C(C=C1SCCS1)/C=C/c1ccccc1. The van der Waals surface area contributed by atoms with Gasteiger partial charge < -0.3 is 0 Å². The van der Waals surface area contributed by atoms with E-state index in [1.165, 1.54) is 0 Å². The number of benzene rings is 1. The number of ketones is 1. The van der Waals surface area contributed by atoms with Crippen LogP contribution in [0.3, 0.4) is 0 Å². The van der Waals surface area contributed by atoms with Gasteiger partial charge in [-0.25, -0.2) is 0 Å². The topological polar surface area (TPSA) is 17.1 Å². The number of thioether (sulfide) groups is 2. The van der Waals surface area contributed by atoms with E-state index in [1.807, 2.05) is 36.4 Å². The molecule has 1 aliphatic heterocycles. The van der Waals surface area contributed by atoms with Crippen molar-refractivity contribution in [2.45, 2.75) is 0 Å². The molecule has 0 aromatic heterocycles. The summed E-state index contributed by atoms with van der Waals surface area (Å²) in [5.41, 5.74) is 1.06. The molecule has 82 valence electrons. The number of allylic oxidation sites excluding steroid dienone is 2. The molecule has 0 amide bonds. The van der Waals surface area contributed by atoms with Crippen LogP contribution < -0.4 is 0 Å². The molecule has 1 heterocycles. The van der Waals surface area contributed by atoms with E-state index in [9.17, 15) is 4.79 Å². The first-order chi connectivity index (χ1) is 7.84. The van der Waals surface area contributed by atoms with Crippen molar-refractivity contribution in [3.63, 3.8) is 0 Å². The third kappa shape index (κ3) is 3.58. The molecular weight excluding hydrogens is 236 g/mol. The number of hydrogen-bond donors (Lipinski definition) is 0. The van der Waals surface area contributed by atoms with Gasteiger partial charge >= 0.3 is 0 Å². The molecule has 2 rings (SSSR count). The standard InChI is InChI=1S/C13H12OS2/c14-12(10-13-15-8-9-16-13)7-6-11-4-2-1-3-5-11/h1-7,10H,8-9H2/b7-6+. The van der Waals surface area contributed by atoms with Crippen molar-refractivity contribution < 1.29 is 4.79 Å². The first kappa shape index (κ1) is 11.6. The Labute approximate surface area is 104 Å². The van der Waals surface area contributed by atoms with Gasteiger partial charge in [0, 0.05) is 21.8 Å². The highest BCUT2D eigenvalue weighted by molar-refractivity contribution is 8.25. The van der Waals surface area contributed by atoms with Gasteiger partial charge in [-0.3, -0.25) is 4.79 Å². The van der Waals surface area contributed by atoms with E-state index in [0.29, 0.717) is 0 Å². The van der Waals surface area contributed by atoms with E-state index < -0.39 is 0 Å². The molecule has 0 bridgehead atoms. The largest absolute Gasteiger partial charge is 0.290 e. The van der Waals surface area contributed by atoms with Crippen LogP contribution in [0.25, 0.3) is 6.08 Å². The zero-order valence-electron chi connectivity index (χ0n) is 8.76. The summed E-state index contributed by atoms with van der Waals surface area (Å²) in [6, 6.07) is 9.86. The Bertz CT molecular complexity index is 413. The van der Waals surface area contributed by atoms with Gasteiger partial charge in [-0.2, -0.15) is 0 Å². The van der Waals surface area contributed by atoms with Crippen LogP contribution in [0.5, 0.6) is 0 Å². The third-order valence-corrected chi connectivity index (χ3v) is 4.66. The maximum Gasteiger partial charge on any atom is 0.180 e. The van der Waals surface area contributed by atoms with Crippen LogP contribution >= 0.6 is 23.5 Å². The molecule has 3 heteroatoms. The lowest BCUT2D eigenvalue weighted by Gasteiger charge is -1.92. The van der Waals surface area contributed by atoms with Gasteiger partial charge in [0.05, 0.1) is 0 Å². The predicted molar refractivity (Wildman–Crippen MR) is 73.5 cm³/mol. The van der Waals surface area contributed by atoms with E-state index in [0.717, 1.165) is 21.3 Å². The molecule has 0 unspecified atom stereocenters. The molecule has 0 radical (unpaired) electrons. The molecule has 1 aliphatic rings. The van der Waals surface area contributed by atoms with Crippen molar-refractivity contribution >= 4 is 35.4 Å². The van der Waals surface area contributed by atoms with Crippen LogP contribution in [-0.2, 0) is 4.79 Å². The summed E-state index contributed by atoms with van der Waals surface area (Å²) in [4.78, 5) is 11.6. The van der Waals surface area contributed by atoms with Crippen molar-refractivity contribution in [3.05, 3.63) is 52.3 Å². The molecule has 0 atom stereocenters. The molecule has 1 fully saturated rings. The van der Waals surface area contributed by atoms with Gasteiger partial charge in [0.25, 0.3) is 0 Å². The molecule has 0 spiro atoms. The highest BCUT2D eigenvalue weighted by Gasteiger charge is 2.08. The molecule has 0 aliphatic carbocycles. The summed E-state index contributed by atoms with van der Waals surface area (Å²) < 4.78 is 1.14. The van der Waals surface area contributed by atoms with E-state index in [2.05, 4.69) is 0 Å². The van der Waals surface area contributed by atoms with E-state index in [-0.39, 0.29) is 5.78 Å². The van der Waals surface area contributed by atoms with E-state index in [1.54, 1.807) is 35.7 Å².